The Hall–Kier alpha value is -0.830. The summed E-state index contributed by atoms with van der Waals surface area (Å²) in [4.78, 5) is 0. The highest BCUT2D eigenvalue weighted by Gasteiger charge is 1.96. The van der Waals surface area contributed by atoms with Crippen LogP contribution in [-0.4, -0.2) is 11.8 Å². The summed E-state index contributed by atoms with van der Waals surface area (Å²) >= 11 is 4.86. The maximum absolute atomic E-state index is 4.86. The quantitative estimate of drug-likeness (QED) is 0.651. The lowest BCUT2D eigenvalue weighted by Gasteiger charge is -1.99. The van der Waals surface area contributed by atoms with Crippen LogP contribution in [0.15, 0.2) is 40.6 Å². The van der Waals surface area contributed by atoms with Gasteiger partial charge in [-0.3, -0.25) is 0 Å². The molecule has 0 amide bonds. The van der Waals surface area contributed by atoms with Gasteiger partial charge in [0.2, 0.25) is 0 Å². The minimum Gasteiger partial charge on any atom is -0.186 e. The third-order valence-electron chi connectivity index (χ3n) is 1.66. The van der Waals surface area contributed by atoms with Crippen molar-refractivity contribution >= 4 is 18.3 Å². The first-order valence-electron chi connectivity index (χ1n) is 4.37. The van der Waals surface area contributed by atoms with Crippen molar-refractivity contribution in [1.82, 2.24) is 0 Å². The molecule has 0 spiro atoms. The molecule has 1 aromatic rings. The van der Waals surface area contributed by atoms with E-state index >= 15 is 0 Å². The van der Waals surface area contributed by atoms with E-state index in [-0.39, 0.29) is 6.04 Å². The fourth-order valence-electron chi connectivity index (χ4n) is 0.888. The zero-order valence-electron chi connectivity index (χ0n) is 7.68. The normalized spacial score (nSPS) is 13.4. The molecule has 0 saturated carbocycles. The summed E-state index contributed by atoms with van der Waals surface area (Å²) in [5.74, 6) is 0.745. The summed E-state index contributed by atoms with van der Waals surface area (Å²) in [6.07, 6.45) is 0.922. The van der Waals surface area contributed by atoms with Gasteiger partial charge in [0.1, 0.15) is 0 Å². The topological polar surface area (TPSA) is 24.7 Å². The number of hydrogen-bond acceptors (Lipinski definition) is 2. The lowest BCUT2D eigenvalue weighted by Crippen LogP contribution is -1.96. The van der Waals surface area contributed by atoms with Crippen LogP contribution in [0.4, 0.5) is 5.69 Å². The molecule has 1 atom stereocenters. The van der Waals surface area contributed by atoms with E-state index < -0.39 is 0 Å². The number of rotatable bonds is 4. The van der Waals surface area contributed by atoms with Crippen molar-refractivity contribution in [2.75, 3.05) is 5.75 Å². The third-order valence-corrected chi connectivity index (χ3v) is 1.90. The zero-order chi connectivity index (χ0) is 9.52. The van der Waals surface area contributed by atoms with Crippen molar-refractivity contribution in [3.8, 4) is 0 Å². The Labute approximate surface area is 84.5 Å². The minimum atomic E-state index is 0.234. The molecule has 0 N–H and O–H groups in total. The van der Waals surface area contributed by atoms with Gasteiger partial charge in [-0.15, -0.1) is 0 Å². The maximum Gasteiger partial charge on any atom is 0.0852 e. The van der Waals surface area contributed by atoms with Crippen LogP contribution in [0.2, 0.25) is 0 Å². The Morgan fingerprint density at radius 2 is 2.00 bits per heavy atom. The van der Waals surface area contributed by atoms with E-state index in [9.17, 15) is 0 Å². The molecule has 3 heteroatoms. The first kappa shape index (κ1) is 10.3. The van der Waals surface area contributed by atoms with E-state index in [1.165, 1.54) is 0 Å². The van der Waals surface area contributed by atoms with Gasteiger partial charge in [0.15, 0.2) is 0 Å². The van der Waals surface area contributed by atoms with E-state index in [0.717, 1.165) is 17.9 Å². The van der Waals surface area contributed by atoms with Gasteiger partial charge in [-0.1, -0.05) is 30.8 Å². The molecule has 0 aliphatic rings. The van der Waals surface area contributed by atoms with E-state index in [1.807, 2.05) is 37.3 Å². The van der Waals surface area contributed by atoms with Gasteiger partial charge in [-0.2, -0.15) is 10.2 Å². The summed E-state index contributed by atoms with van der Waals surface area (Å²) in [6, 6.07) is 9.97. The molecule has 0 aliphatic carbocycles. The second-order valence-electron chi connectivity index (χ2n) is 2.89. The Morgan fingerprint density at radius 3 is 2.62 bits per heavy atom. The lowest BCUT2D eigenvalue weighted by atomic mass is 10.3. The second kappa shape index (κ2) is 5.75. The van der Waals surface area contributed by atoms with Crippen LogP contribution in [0, 0.1) is 0 Å². The summed E-state index contributed by atoms with van der Waals surface area (Å²) in [6.45, 7) is 2.03. The van der Waals surface area contributed by atoms with Crippen LogP contribution < -0.4 is 0 Å². The van der Waals surface area contributed by atoms with E-state index in [0.29, 0.717) is 0 Å². The highest BCUT2D eigenvalue weighted by molar-refractivity contribution is 7.80. The monoisotopic (exact) mass is 193 g/mol. The van der Waals surface area contributed by atoms with Gasteiger partial charge in [0.05, 0.1) is 11.7 Å². The Bertz CT molecular complexity index is 259. The predicted molar refractivity (Wildman–Crippen MR) is 57.5 cm³/mol. The van der Waals surface area contributed by atoms with Crippen molar-refractivity contribution in [2.24, 2.45) is 10.2 Å². The molecule has 1 aromatic carbocycles. The third kappa shape index (κ3) is 4.08. The van der Waals surface area contributed by atoms with Crippen molar-refractivity contribution in [3.05, 3.63) is 30.3 Å². The first-order chi connectivity index (χ1) is 6.33. The summed E-state index contributed by atoms with van der Waals surface area (Å²) < 4.78 is 0. The highest BCUT2D eigenvalue weighted by Crippen LogP contribution is 2.11. The van der Waals surface area contributed by atoms with Gasteiger partial charge in [0, 0.05) is 5.75 Å². The molecule has 0 saturated heterocycles. The van der Waals surface area contributed by atoms with E-state index in [1.54, 1.807) is 0 Å². The average Bonchev–Trinajstić information content (AvgIpc) is 2.17. The fraction of sp³-hybridized carbons (Fsp3) is 0.400. The SMILES string of the molecule is CC(CC[S])N=Nc1ccccc1. The van der Waals surface area contributed by atoms with Crippen molar-refractivity contribution in [1.29, 1.82) is 0 Å². The summed E-state index contributed by atoms with van der Waals surface area (Å²) in [7, 11) is 0. The molecular weight excluding hydrogens is 180 g/mol. The first-order valence-corrected chi connectivity index (χ1v) is 4.94. The summed E-state index contributed by atoms with van der Waals surface area (Å²) in [5.41, 5.74) is 0.902. The molecule has 2 nitrogen and oxygen atoms in total. The van der Waals surface area contributed by atoms with E-state index in [2.05, 4.69) is 10.2 Å². The number of azo groups is 1. The standard InChI is InChI=1S/C10H13N2S/c1-9(7-8-13)11-12-10-5-3-2-4-6-10/h2-6,9H,7-8H2,1H3. The Morgan fingerprint density at radius 1 is 1.31 bits per heavy atom. The highest BCUT2D eigenvalue weighted by atomic mass is 32.1. The number of benzene rings is 1. The molecule has 1 unspecified atom stereocenters. The van der Waals surface area contributed by atoms with Gasteiger partial charge in [-0.25, -0.2) is 0 Å². The molecule has 0 heterocycles. The van der Waals surface area contributed by atoms with Crippen LogP contribution in [0.5, 0.6) is 0 Å². The Kier molecular flexibility index (Phi) is 4.54. The van der Waals surface area contributed by atoms with Gasteiger partial charge >= 0.3 is 0 Å². The van der Waals surface area contributed by atoms with Gasteiger partial charge in [0.25, 0.3) is 0 Å². The van der Waals surface area contributed by atoms with Crippen LogP contribution in [0.25, 0.3) is 0 Å². The largest absolute Gasteiger partial charge is 0.186 e. The van der Waals surface area contributed by atoms with Crippen molar-refractivity contribution in [3.63, 3.8) is 0 Å². The Balaban J connectivity index is 2.49. The number of nitrogens with zero attached hydrogens (tertiary/aromatic N) is 2. The summed E-state index contributed by atoms with van der Waals surface area (Å²) in [5, 5.41) is 8.25. The maximum atomic E-state index is 4.86. The molecule has 69 valence electrons. The molecule has 0 bridgehead atoms. The van der Waals surface area contributed by atoms with Crippen LogP contribution >= 0.6 is 12.6 Å². The molecule has 1 rings (SSSR count). The van der Waals surface area contributed by atoms with Crippen LogP contribution in [0.1, 0.15) is 13.3 Å². The molecule has 0 aromatic heterocycles. The van der Waals surface area contributed by atoms with Gasteiger partial charge in [-0.05, 0) is 25.5 Å². The molecule has 0 fully saturated rings. The minimum absolute atomic E-state index is 0.234. The predicted octanol–water partition coefficient (Wildman–Crippen LogP) is 3.75. The zero-order valence-corrected chi connectivity index (χ0v) is 8.50. The smallest absolute Gasteiger partial charge is 0.0852 e. The van der Waals surface area contributed by atoms with Crippen molar-refractivity contribution in [2.45, 2.75) is 19.4 Å². The number of hydrogen-bond donors (Lipinski definition) is 0. The molecular formula is C10H13N2S. The van der Waals surface area contributed by atoms with Crippen LogP contribution in [0.3, 0.4) is 0 Å². The lowest BCUT2D eigenvalue weighted by molar-refractivity contribution is 0.687. The van der Waals surface area contributed by atoms with Crippen molar-refractivity contribution < 1.29 is 0 Å². The fourth-order valence-corrected chi connectivity index (χ4v) is 1.23. The molecule has 0 aliphatic heterocycles. The molecule has 1 radical (unpaired) electrons. The molecule has 13 heavy (non-hydrogen) atoms. The second-order valence-corrected chi connectivity index (χ2v) is 3.30. The average molecular weight is 193 g/mol. The van der Waals surface area contributed by atoms with Gasteiger partial charge < -0.3 is 0 Å². The van der Waals surface area contributed by atoms with E-state index in [4.69, 9.17) is 12.6 Å². The van der Waals surface area contributed by atoms with Crippen LogP contribution in [-0.2, 0) is 0 Å².